The van der Waals surface area contributed by atoms with E-state index in [4.69, 9.17) is 4.84 Å². The largest absolute Gasteiger partial charge is 0.273 e. The second kappa shape index (κ2) is 7.36. The fraction of sp³-hybridized carbons (Fsp3) is 0.600. The highest BCUT2D eigenvalue weighted by Crippen LogP contribution is 2.36. The minimum Gasteiger partial charge on any atom is -0.273 e. The number of rotatable bonds is 4. The first-order valence-corrected chi connectivity index (χ1v) is 8.68. The van der Waals surface area contributed by atoms with E-state index >= 15 is 0 Å². The van der Waals surface area contributed by atoms with Crippen molar-refractivity contribution in [1.29, 1.82) is 5.26 Å². The summed E-state index contributed by atoms with van der Waals surface area (Å²) in [4.78, 5) is 18.3. The van der Waals surface area contributed by atoms with Gasteiger partial charge in [-0.3, -0.25) is 9.63 Å². The van der Waals surface area contributed by atoms with Gasteiger partial charge in [-0.25, -0.2) is 5.06 Å². The van der Waals surface area contributed by atoms with Gasteiger partial charge in [0.15, 0.2) is 5.54 Å². The Kier molecular flexibility index (Phi) is 5.66. The summed E-state index contributed by atoms with van der Waals surface area (Å²) in [7, 11) is 1.49. The SMILES string of the molecule is CON(C(=O)Cc1c(C)cc(C)cc1C)C1(C#N)CCC(C)CC1. The minimum absolute atomic E-state index is 0.136. The van der Waals surface area contributed by atoms with Crippen molar-refractivity contribution in [3.8, 4) is 6.07 Å². The standard InChI is InChI=1S/C20H28N2O2/c1-14-6-8-20(13-21,9-7-14)22(24-5)19(23)12-18-16(3)10-15(2)11-17(18)4/h10-11,14H,6-9,12H2,1-5H3. The van der Waals surface area contributed by atoms with E-state index in [1.807, 2.05) is 13.8 Å². The number of nitriles is 1. The summed E-state index contributed by atoms with van der Waals surface area (Å²) in [5.41, 5.74) is 3.62. The molecule has 1 aromatic carbocycles. The van der Waals surface area contributed by atoms with Gasteiger partial charge in [0.25, 0.3) is 5.91 Å². The molecular weight excluding hydrogens is 300 g/mol. The number of amides is 1. The summed E-state index contributed by atoms with van der Waals surface area (Å²) in [6.07, 6.45) is 3.52. The molecule has 4 heteroatoms. The van der Waals surface area contributed by atoms with Crippen LogP contribution in [0.1, 0.15) is 54.9 Å². The number of carbonyl (C=O) groups is 1. The molecule has 0 saturated heterocycles. The van der Waals surface area contributed by atoms with Crippen LogP contribution >= 0.6 is 0 Å². The third-order valence-corrected chi connectivity index (χ3v) is 5.28. The number of benzene rings is 1. The maximum absolute atomic E-state index is 12.9. The molecular formula is C20H28N2O2. The lowest BCUT2D eigenvalue weighted by atomic mass is 9.77. The molecule has 1 amide bonds. The van der Waals surface area contributed by atoms with Crippen LogP contribution in [-0.4, -0.2) is 23.6 Å². The number of carbonyl (C=O) groups excluding carboxylic acids is 1. The Morgan fingerprint density at radius 2 is 1.83 bits per heavy atom. The molecule has 4 nitrogen and oxygen atoms in total. The Balaban J connectivity index is 2.25. The molecule has 130 valence electrons. The van der Waals surface area contributed by atoms with Gasteiger partial charge in [-0.2, -0.15) is 5.26 Å². The highest BCUT2D eigenvalue weighted by Gasteiger charge is 2.43. The highest BCUT2D eigenvalue weighted by molar-refractivity contribution is 5.80. The maximum Gasteiger partial charge on any atom is 0.252 e. The monoisotopic (exact) mass is 328 g/mol. The first-order valence-electron chi connectivity index (χ1n) is 8.68. The molecule has 0 aromatic heterocycles. The second-order valence-electron chi connectivity index (χ2n) is 7.25. The van der Waals surface area contributed by atoms with E-state index in [9.17, 15) is 10.1 Å². The molecule has 24 heavy (non-hydrogen) atoms. The zero-order valence-electron chi connectivity index (χ0n) is 15.5. The van der Waals surface area contributed by atoms with E-state index in [1.165, 1.54) is 17.7 Å². The molecule has 1 aromatic rings. The Hall–Kier alpha value is -1.86. The number of nitrogens with zero attached hydrogens (tertiary/aromatic N) is 2. The van der Waals surface area contributed by atoms with Crippen LogP contribution in [0.25, 0.3) is 0 Å². The maximum atomic E-state index is 12.9. The van der Waals surface area contributed by atoms with Crippen molar-refractivity contribution in [2.75, 3.05) is 7.11 Å². The summed E-state index contributed by atoms with van der Waals surface area (Å²) < 4.78 is 0. The summed E-state index contributed by atoms with van der Waals surface area (Å²) in [5.74, 6) is 0.463. The van der Waals surface area contributed by atoms with Gasteiger partial charge < -0.3 is 0 Å². The molecule has 0 N–H and O–H groups in total. The van der Waals surface area contributed by atoms with Gasteiger partial charge in [-0.15, -0.1) is 0 Å². The molecule has 0 spiro atoms. The molecule has 1 aliphatic rings. The van der Waals surface area contributed by atoms with Crippen molar-refractivity contribution in [2.45, 2.75) is 65.3 Å². The zero-order valence-corrected chi connectivity index (χ0v) is 15.5. The van der Waals surface area contributed by atoms with E-state index < -0.39 is 5.54 Å². The van der Waals surface area contributed by atoms with Gasteiger partial charge >= 0.3 is 0 Å². The van der Waals surface area contributed by atoms with Crippen LogP contribution in [0.5, 0.6) is 0 Å². The van der Waals surface area contributed by atoms with Crippen molar-refractivity contribution in [3.05, 3.63) is 34.4 Å². The van der Waals surface area contributed by atoms with E-state index in [2.05, 4.69) is 32.0 Å². The summed E-state index contributed by atoms with van der Waals surface area (Å²) >= 11 is 0. The average molecular weight is 328 g/mol. The Morgan fingerprint density at radius 1 is 1.29 bits per heavy atom. The van der Waals surface area contributed by atoms with Crippen molar-refractivity contribution in [2.24, 2.45) is 5.92 Å². The highest BCUT2D eigenvalue weighted by atomic mass is 16.7. The van der Waals surface area contributed by atoms with Crippen molar-refractivity contribution >= 4 is 5.91 Å². The predicted molar refractivity (Wildman–Crippen MR) is 94.2 cm³/mol. The fourth-order valence-corrected chi connectivity index (χ4v) is 3.83. The van der Waals surface area contributed by atoms with Crippen molar-refractivity contribution in [3.63, 3.8) is 0 Å². The average Bonchev–Trinajstić information content (AvgIpc) is 2.53. The molecule has 0 aliphatic heterocycles. The normalized spacial score (nSPS) is 23.6. The van der Waals surface area contributed by atoms with Crippen LogP contribution in [0, 0.1) is 38.0 Å². The lowest BCUT2D eigenvalue weighted by molar-refractivity contribution is -0.204. The molecule has 1 fully saturated rings. The summed E-state index contributed by atoms with van der Waals surface area (Å²) in [5, 5.41) is 11.1. The molecule has 0 bridgehead atoms. The first kappa shape index (κ1) is 18.5. The lowest BCUT2D eigenvalue weighted by Gasteiger charge is -2.40. The van der Waals surface area contributed by atoms with E-state index in [1.54, 1.807) is 0 Å². The fourth-order valence-electron chi connectivity index (χ4n) is 3.83. The van der Waals surface area contributed by atoms with Gasteiger partial charge in [-0.1, -0.05) is 24.6 Å². The van der Waals surface area contributed by atoms with Crippen molar-refractivity contribution in [1.82, 2.24) is 5.06 Å². The number of hydrogen-bond donors (Lipinski definition) is 0. The van der Waals surface area contributed by atoms with Crippen LogP contribution in [0.15, 0.2) is 12.1 Å². The molecule has 0 unspecified atom stereocenters. The summed E-state index contributed by atoms with van der Waals surface area (Å²) in [6.45, 7) is 8.31. The van der Waals surface area contributed by atoms with Gasteiger partial charge in [-0.05, 0) is 69.1 Å². The van der Waals surface area contributed by atoms with E-state index in [-0.39, 0.29) is 12.3 Å². The quantitative estimate of drug-likeness (QED) is 0.785. The Labute approximate surface area is 145 Å². The third-order valence-electron chi connectivity index (χ3n) is 5.28. The minimum atomic E-state index is -0.829. The molecule has 0 heterocycles. The van der Waals surface area contributed by atoms with E-state index in [0.717, 1.165) is 29.5 Å². The lowest BCUT2D eigenvalue weighted by Crippen LogP contribution is -2.52. The molecule has 0 radical (unpaired) electrons. The molecule has 2 rings (SSSR count). The second-order valence-corrected chi connectivity index (χ2v) is 7.25. The van der Waals surface area contributed by atoms with Crippen LogP contribution in [0.3, 0.4) is 0 Å². The van der Waals surface area contributed by atoms with Gasteiger partial charge in [0.2, 0.25) is 0 Å². The zero-order chi connectivity index (χ0) is 17.9. The van der Waals surface area contributed by atoms with Crippen LogP contribution < -0.4 is 0 Å². The Morgan fingerprint density at radius 3 is 2.29 bits per heavy atom. The molecule has 0 atom stereocenters. The first-order chi connectivity index (χ1) is 11.3. The van der Waals surface area contributed by atoms with Gasteiger partial charge in [0.1, 0.15) is 0 Å². The van der Waals surface area contributed by atoms with Gasteiger partial charge in [0, 0.05) is 0 Å². The van der Waals surface area contributed by atoms with Crippen LogP contribution in [-0.2, 0) is 16.1 Å². The van der Waals surface area contributed by atoms with Crippen LogP contribution in [0.2, 0.25) is 0 Å². The molecule has 1 saturated carbocycles. The predicted octanol–water partition coefficient (Wildman–Crippen LogP) is 4.02. The van der Waals surface area contributed by atoms with Gasteiger partial charge in [0.05, 0.1) is 19.6 Å². The Bertz CT molecular complexity index is 629. The number of aryl methyl sites for hydroxylation is 3. The van der Waals surface area contributed by atoms with Crippen molar-refractivity contribution < 1.29 is 9.63 Å². The number of hydrogen-bond acceptors (Lipinski definition) is 3. The summed E-state index contributed by atoms with van der Waals surface area (Å²) in [6, 6.07) is 6.56. The number of hydroxylamine groups is 2. The third kappa shape index (κ3) is 3.62. The molecule has 1 aliphatic carbocycles. The van der Waals surface area contributed by atoms with Crippen LogP contribution in [0.4, 0.5) is 0 Å². The topological polar surface area (TPSA) is 53.3 Å². The van der Waals surface area contributed by atoms with E-state index in [0.29, 0.717) is 18.8 Å². The smallest absolute Gasteiger partial charge is 0.252 e.